The van der Waals surface area contributed by atoms with Crippen LogP contribution in [0.2, 0.25) is 0 Å². The molecule has 0 spiro atoms. The number of carbonyl (C=O) groups excluding carboxylic acids is 3. The van der Waals surface area contributed by atoms with Crippen LogP contribution < -0.4 is 0 Å². The molecule has 0 radical (unpaired) electrons. The summed E-state index contributed by atoms with van der Waals surface area (Å²) in [5.41, 5.74) is 0.147. The first-order valence-electron chi connectivity index (χ1n) is 13.9. The van der Waals surface area contributed by atoms with Crippen molar-refractivity contribution in [1.29, 1.82) is 0 Å². The summed E-state index contributed by atoms with van der Waals surface area (Å²) in [5.74, 6) is 2.60. The van der Waals surface area contributed by atoms with Crippen molar-refractivity contribution in [2.24, 2.45) is 46.3 Å². The molecule has 0 saturated heterocycles. The maximum absolute atomic E-state index is 12.3. The summed E-state index contributed by atoms with van der Waals surface area (Å²) in [6.07, 6.45) is 9.87. The van der Waals surface area contributed by atoms with Crippen molar-refractivity contribution in [3.8, 4) is 0 Å². The van der Waals surface area contributed by atoms with Crippen LogP contribution in [0.3, 0.4) is 0 Å². The zero-order valence-corrected chi connectivity index (χ0v) is 22.6. The number of esters is 3. The quantitative estimate of drug-likeness (QED) is 0.351. The first-order chi connectivity index (χ1) is 16.5. The van der Waals surface area contributed by atoms with Gasteiger partial charge in [-0.15, -0.1) is 0 Å². The Bertz CT molecular complexity index is 824. The second kappa shape index (κ2) is 10.0. The van der Waals surface area contributed by atoms with Crippen molar-refractivity contribution in [3.63, 3.8) is 0 Å². The highest BCUT2D eigenvalue weighted by Gasteiger charge is 2.65. The monoisotopic (exact) mass is 490 g/mol. The van der Waals surface area contributed by atoms with Crippen molar-refractivity contribution in [3.05, 3.63) is 0 Å². The van der Waals surface area contributed by atoms with E-state index in [2.05, 4.69) is 20.8 Å². The van der Waals surface area contributed by atoms with Gasteiger partial charge in [-0.2, -0.15) is 0 Å². The third kappa shape index (κ3) is 4.75. The molecule has 4 rings (SSSR count). The average molecular weight is 491 g/mol. The van der Waals surface area contributed by atoms with Crippen LogP contribution in [0.25, 0.3) is 0 Å². The Hall–Kier alpha value is -1.59. The Morgan fingerprint density at radius 2 is 1.63 bits per heavy atom. The number of carbonyl (C=O) groups is 3. The van der Waals surface area contributed by atoms with Gasteiger partial charge in [0, 0.05) is 25.7 Å². The van der Waals surface area contributed by atoms with Gasteiger partial charge in [-0.25, -0.2) is 0 Å². The molecule has 4 fully saturated rings. The third-order valence-electron chi connectivity index (χ3n) is 11.1. The lowest BCUT2D eigenvalue weighted by molar-refractivity contribution is -0.197. The Morgan fingerprint density at radius 3 is 2.29 bits per heavy atom. The molecule has 6 heteroatoms. The van der Waals surface area contributed by atoms with Crippen molar-refractivity contribution < 1.29 is 28.6 Å². The van der Waals surface area contributed by atoms with E-state index < -0.39 is 0 Å². The SMILES string of the molecule is COC(=O)CC[C@@H](C)[C@H]1CC[C@H]2[C@@H]3CC[C@@H]4CC(OC(C)=O)CC[C@]4(C)[C@H]3C[C@H](OC(C)=O)[C@]12C. The minimum atomic E-state index is -0.183. The van der Waals surface area contributed by atoms with Crippen molar-refractivity contribution in [1.82, 2.24) is 0 Å². The fourth-order valence-corrected chi connectivity index (χ4v) is 9.48. The number of hydrogen-bond donors (Lipinski definition) is 0. The summed E-state index contributed by atoms with van der Waals surface area (Å²) in [6.45, 7) is 10.2. The number of fused-ring (bicyclic) bond motifs is 5. The van der Waals surface area contributed by atoms with E-state index in [9.17, 15) is 14.4 Å². The van der Waals surface area contributed by atoms with Gasteiger partial charge in [0.2, 0.25) is 0 Å². The molecule has 0 heterocycles. The lowest BCUT2D eigenvalue weighted by Gasteiger charge is -2.62. The van der Waals surface area contributed by atoms with E-state index in [1.165, 1.54) is 33.3 Å². The highest BCUT2D eigenvalue weighted by Crippen LogP contribution is 2.69. The van der Waals surface area contributed by atoms with Gasteiger partial charge in [-0.3, -0.25) is 14.4 Å². The molecule has 0 amide bonds. The molecule has 10 atom stereocenters. The van der Waals surface area contributed by atoms with E-state index in [0.717, 1.165) is 38.5 Å². The molecule has 0 aromatic heterocycles. The first-order valence-corrected chi connectivity index (χ1v) is 13.9. The molecular weight excluding hydrogens is 444 g/mol. The van der Waals surface area contributed by atoms with Gasteiger partial charge in [0.15, 0.2) is 0 Å². The van der Waals surface area contributed by atoms with Crippen LogP contribution in [-0.4, -0.2) is 37.2 Å². The van der Waals surface area contributed by atoms with Crippen LogP contribution in [0.15, 0.2) is 0 Å². The van der Waals surface area contributed by atoms with Crippen molar-refractivity contribution in [2.45, 2.75) is 111 Å². The van der Waals surface area contributed by atoms with E-state index in [4.69, 9.17) is 14.2 Å². The Labute approximate surface area is 211 Å². The summed E-state index contributed by atoms with van der Waals surface area (Å²) in [7, 11) is 1.45. The van der Waals surface area contributed by atoms with Crippen molar-refractivity contribution >= 4 is 17.9 Å². The third-order valence-corrected chi connectivity index (χ3v) is 11.1. The standard InChI is InChI=1S/C29H46O6/c1-17(7-12-27(32)33-6)23-10-11-24-22-9-8-20-15-21(34-18(2)30)13-14-28(20,4)25(22)16-26(29(23,24)5)35-19(3)31/h17,20-26H,7-16H2,1-6H3/t17-,20-,21?,22+,23-,24+,25+,26+,28+,29-/m1/s1. The maximum atomic E-state index is 12.3. The second-order valence-electron chi connectivity index (χ2n) is 12.6. The van der Waals surface area contributed by atoms with Gasteiger partial charge in [-0.1, -0.05) is 20.8 Å². The van der Waals surface area contributed by atoms with Crippen LogP contribution in [-0.2, 0) is 28.6 Å². The smallest absolute Gasteiger partial charge is 0.305 e. The molecule has 0 aromatic carbocycles. The molecule has 6 nitrogen and oxygen atoms in total. The van der Waals surface area contributed by atoms with Crippen LogP contribution >= 0.6 is 0 Å². The Kier molecular flexibility index (Phi) is 7.60. The predicted molar refractivity (Wildman–Crippen MR) is 132 cm³/mol. The first kappa shape index (κ1) is 26.5. The van der Waals surface area contributed by atoms with Crippen LogP contribution in [0.1, 0.15) is 98.8 Å². The van der Waals surface area contributed by atoms with Gasteiger partial charge in [-0.05, 0) is 98.7 Å². The topological polar surface area (TPSA) is 78.9 Å². The van der Waals surface area contributed by atoms with Gasteiger partial charge in [0.05, 0.1) is 7.11 Å². The summed E-state index contributed by atoms with van der Waals surface area (Å²) >= 11 is 0. The number of rotatable bonds is 6. The summed E-state index contributed by atoms with van der Waals surface area (Å²) in [5, 5.41) is 0. The fourth-order valence-electron chi connectivity index (χ4n) is 9.48. The fraction of sp³-hybridized carbons (Fsp3) is 0.897. The average Bonchev–Trinajstić information content (AvgIpc) is 3.16. The minimum Gasteiger partial charge on any atom is -0.469 e. The molecule has 0 N–H and O–H groups in total. The molecule has 35 heavy (non-hydrogen) atoms. The number of ether oxygens (including phenoxy) is 3. The highest BCUT2D eigenvalue weighted by atomic mass is 16.5. The minimum absolute atomic E-state index is 0.0479. The largest absolute Gasteiger partial charge is 0.469 e. The van der Waals surface area contributed by atoms with Crippen molar-refractivity contribution in [2.75, 3.05) is 7.11 Å². The number of methoxy groups -OCH3 is 1. The lowest BCUT2D eigenvalue weighted by Crippen LogP contribution is -2.59. The highest BCUT2D eigenvalue weighted by molar-refractivity contribution is 5.69. The second-order valence-corrected chi connectivity index (χ2v) is 12.6. The van der Waals surface area contributed by atoms with E-state index in [-0.39, 0.29) is 40.9 Å². The molecule has 0 bridgehead atoms. The molecular formula is C29H46O6. The predicted octanol–water partition coefficient (Wildman–Crippen LogP) is 5.71. The zero-order chi connectivity index (χ0) is 25.5. The normalized spacial score (nSPS) is 43.2. The molecule has 0 aliphatic heterocycles. The summed E-state index contributed by atoms with van der Waals surface area (Å²) in [4.78, 5) is 35.7. The number of hydrogen-bond acceptors (Lipinski definition) is 6. The van der Waals surface area contributed by atoms with Crippen LogP contribution in [0, 0.1) is 46.3 Å². The Balaban J connectivity index is 1.58. The van der Waals surface area contributed by atoms with E-state index in [1.807, 2.05) is 0 Å². The van der Waals surface area contributed by atoms with Crippen LogP contribution in [0.4, 0.5) is 0 Å². The molecule has 198 valence electrons. The molecule has 4 aliphatic rings. The zero-order valence-electron chi connectivity index (χ0n) is 22.6. The van der Waals surface area contributed by atoms with Gasteiger partial charge < -0.3 is 14.2 Å². The van der Waals surface area contributed by atoms with Gasteiger partial charge in [0.1, 0.15) is 12.2 Å². The molecule has 0 aromatic rings. The maximum Gasteiger partial charge on any atom is 0.305 e. The van der Waals surface area contributed by atoms with Gasteiger partial charge >= 0.3 is 17.9 Å². The molecule has 4 saturated carbocycles. The summed E-state index contributed by atoms with van der Waals surface area (Å²) in [6, 6.07) is 0. The van der Waals surface area contributed by atoms with Crippen LogP contribution in [0.5, 0.6) is 0 Å². The molecule has 1 unspecified atom stereocenters. The lowest BCUT2D eigenvalue weighted by atomic mass is 9.43. The Morgan fingerprint density at radius 1 is 0.914 bits per heavy atom. The van der Waals surface area contributed by atoms with Gasteiger partial charge in [0.25, 0.3) is 0 Å². The summed E-state index contributed by atoms with van der Waals surface area (Å²) < 4.78 is 16.7. The van der Waals surface area contributed by atoms with E-state index >= 15 is 0 Å². The van der Waals surface area contributed by atoms with E-state index in [0.29, 0.717) is 41.9 Å². The molecule has 4 aliphatic carbocycles. The van der Waals surface area contributed by atoms with E-state index in [1.54, 1.807) is 6.92 Å².